The summed E-state index contributed by atoms with van der Waals surface area (Å²) < 4.78 is 6.78. The molecule has 1 aromatic heterocycles. The monoisotopic (exact) mass is 412 g/mol. The minimum absolute atomic E-state index is 0.0802. The van der Waals surface area contributed by atoms with Crippen LogP contribution in [0.3, 0.4) is 0 Å². The van der Waals surface area contributed by atoms with Gasteiger partial charge in [-0.1, -0.05) is 30.3 Å². The zero-order chi connectivity index (χ0) is 21.6. The summed E-state index contributed by atoms with van der Waals surface area (Å²) in [5.74, 6) is 0.391. The first kappa shape index (κ1) is 19.9. The van der Waals surface area contributed by atoms with Gasteiger partial charge in [-0.25, -0.2) is 10.1 Å². The molecule has 1 amide bonds. The lowest BCUT2D eigenvalue weighted by molar-refractivity contribution is 0.0947. The molecular weight excluding hydrogens is 392 g/mol. The molecule has 0 aliphatic carbocycles. The summed E-state index contributed by atoms with van der Waals surface area (Å²) in [7, 11) is 1.61. The molecule has 154 valence electrons. The first-order valence-electron chi connectivity index (χ1n) is 9.57. The topological polar surface area (TPSA) is 88.7 Å². The summed E-state index contributed by atoms with van der Waals surface area (Å²) >= 11 is 0. The number of hydrogen-bond donors (Lipinski definition) is 2. The van der Waals surface area contributed by atoms with Crippen molar-refractivity contribution in [3.05, 3.63) is 96.2 Å². The molecule has 0 saturated carbocycles. The normalized spacial score (nSPS) is 10.9. The molecule has 4 aromatic rings. The Kier molecular flexibility index (Phi) is 5.75. The Balaban J connectivity index is 1.65. The number of aromatic hydroxyl groups is 1. The second-order valence-corrected chi connectivity index (χ2v) is 6.65. The van der Waals surface area contributed by atoms with Crippen LogP contribution >= 0.6 is 0 Å². The van der Waals surface area contributed by atoms with Crippen LogP contribution < -0.4 is 10.2 Å². The van der Waals surface area contributed by atoms with Crippen LogP contribution in [-0.4, -0.2) is 34.1 Å². The van der Waals surface area contributed by atoms with E-state index in [1.54, 1.807) is 42.1 Å². The number of carbonyl (C=O) groups excluding carboxylic acids is 1. The second kappa shape index (κ2) is 8.96. The summed E-state index contributed by atoms with van der Waals surface area (Å²) in [6, 6.07) is 25.3. The minimum Gasteiger partial charge on any atom is -0.507 e. The highest BCUT2D eigenvalue weighted by Gasteiger charge is 2.17. The Morgan fingerprint density at radius 3 is 2.45 bits per heavy atom. The summed E-state index contributed by atoms with van der Waals surface area (Å²) in [5, 5.41) is 18.4. The van der Waals surface area contributed by atoms with Crippen LogP contribution in [0.4, 0.5) is 0 Å². The molecule has 7 nitrogen and oxygen atoms in total. The Morgan fingerprint density at radius 1 is 1.03 bits per heavy atom. The van der Waals surface area contributed by atoms with Crippen molar-refractivity contribution in [2.75, 3.05) is 7.11 Å². The third-order valence-electron chi connectivity index (χ3n) is 4.64. The maximum Gasteiger partial charge on any atom is 0.290 e. The standard InChI is InChI=1S/C24H20N4O3/c1-31-20-13-11-17(12-14-20)21-15-22(28(27-21)19-8-3-2-4-9-19)24(30)26-25-16-18-7-5-6-10-23(18)29/h2-16,29H,1H3,(H,26,30). The van der Waals surface area contributed by atoms with Gasteiger partial charge in [0.1, 0.15) is 17.2 Å². The summed E-state index contributed by atoms with van der Waals surface area (Å²) in [6.07, 6.45) is 1.39. The number of para-hydroxylation sites is 2. The number of ether oxygens (including phenoxy) is 1. The van der Waals surface area contributed by atoms with E-state index in [1.807, 2.05) is 54.6 Å². The number of hydrazone groups is 1. The molecule has 4 rings (SSSR count). The molecule has 3 aromatic carbocycles. The number of nitrogens with one attached hydrogen (secondary N) is 1. The highest BCUT2D eigenvalue weighted by atomic mass is 16.5. The van der Waals surface area contributed by atoms with Crippen LogP contribution in [-0.2, 0) is 0 Å². The maximum atomic E-state index is 12.9. The smallest absolute Gasteiger partial charge is 0.290 e. The quantitative estimate of drug-likeness (QED) is 0.370. The lowest BCUT2D eigenvalue weighted by atomic mass is 10.1. The van der Waals surface area contributed by atoms with Crippen molar-refractivity contribution < 1.29 is 14.6 Å². The molecule has 0 atom stereocenters. The highest BCUT2D eigenvalue weighted by Crippen LogP contribution is 2.24. The van der Waals surface area contributed by atoms with E-state index in [0.717, 1.165) is 17.0 Å². The van der Waals surface area contributed by atoms with Crippen molar-refractivity contribution in [3.63, 3.8) is 0 Å². The van der Waals surface area contributed by atoms with Gasteiger partial charge in [-0.2, -0.15) is 10.2 Å². The third-order valence-corrected chi connectivity index (χ3v) is 4.64. The van der Waals surface area contributed by atoms with E-state index >= 15 is 0 Å². The van der Waals surface area contributed by atoms with Crippen LogP contribution in [0.25, 0.3) is 16.9 Å². The van der Waals surface area contributed by atoms with Crippen LogP contribution in [0.15, 0.2) is 90.0 Å². The number of benzene rings is 3. The van der Waals surface area contributed by atoms with Gasteiger partial charge >= 0.3 is 0 Å². The van der Waals surface area contributed by atoms with E-state index in [-0.39, 0.29) is 5.75 Å². The van der Waals surface area contributed by atoms with E-state index < -0.39 is 5.91 Å². The Morgan fingerprint density at radius 2 is 1.74 bits per heavy atom. The fraction of sp³-hybridized carbons (Fsp3) is 0.0417. The molecule has 0 spiro atoms. The maximum absolute atomic E-state index is 12.9. The SMILES string of the molecule is COc1ccc(-c2cc(C(=O)NN=Cc3ccccc3O)n(-c3ccccc3)n2)cc1. The predicted octanol–water partition coefficient (Wildman–Crippen LogP) is 4.02. The average Bonchev–Trinajstić information content (AvgIpc) is 3.26. The van der Waals surface area contributed by atoms with Crippen molar-refractivity contribution in [1.29, 1.82) is 0 Å². The number of amides is 1. The molecule has 0 unspecified atom stereocenters. The zero-order valence-electron chi connectivity index (χ0n) is 16.8. The number of phenols is 1. The summed E-state index contributed by atoms with van der Waals surface area (Å²) in [6.45, 7) is 0. The van der Waals surface area contributed by atoms with Crippen LogP contribution in [0, 0.1) is 0 Å². The van der Waals surface area contributed by atoms with Gasteiger partial charge < -0.3 is 9.84 Å². The Labute approximate surface area is 179 Å². The lowest BCUT2D eigenvalue weighted by Gasteiger charge is -2.06. The van der Waals surface area contributed by atoms with Gasteiger partial charge in [-0.15, -0.1) is 0 Å². The van der Waals surface area contributed by atoms with Crippen molar-refractivity contribution in [2.24, 2.45) is 5.10 Å². The van der Waals surface area contributed by atoms with Crippen LogP contribution in [0.5, 0.6) is 11.5 Å². The zero-order valence-corrected chi connectivity index (χ0v) is 16.8. The van der Waals surface area contributed by atoms with Crippen molar-refractivity contribution in [1.82, 2.24) is 15.2 Å². The van der Waals surface area contributed by atoms with Gasteiger partial charge in [0.05, 0.1) is 24.7 Å². The third kappa shape index (κ3) is 4.45. The number of methoxy groups -OCH3 is 1. The summed E-state index contributed by atoms with van der Waals surface area (Å²) in [5.41, 5.74) is 5.57. The number of aromatic nitrogens is 2. The number of carbonyl (C=O) groups is 1. The number of nitrogens with zero attached hydrogens (tertiary/aromatic N) is 3. The van der Waals surface area contributed by atoms with Crippen LogP contribution in [0.1, 0.15) is 16.1 Å². The van der Waals surface area contributed by atoms with E-state index in [1.165, 1.54) is 6.21 Å². The molecule has 0 aliphatic heterocycles. The molecule has 2 N–H and O–H groups in total. The van der Waals surface area contributed by atoms with Gasteiger partial charge in [0.25, 0.3) is 5.91 Å². The average molecular weight is 412 g/mol. The molecule has 0 bridgehead atoms. The molecule has 1 heterocycles. The van der Waals surface area contributed by atoms with Crippen molar-refractivity contribution in [3.8, 4) is 28.4 Å². The molecule has 0 aliphatic rings. The predicted molar refractivity (Wildman–Crippen MR) is 119 cm³/mol. The Bertz CT molecular complexity index is 1220. The number of hydrogen-bond acceptors (Lipinski definition) is 5. The largest absolute Gasteiger partial charge is 0.507 e. The van der Waals surface area contributed by atoms with Gasteiger partial charge in [0.2, 0.25) is 0 Å². The minimum atomic E-state index is -0.428. The van der Waals surface area contributed by atoms with Crippen molar-refractivity contribution in [2.45, 2.75) is 0 Å². The molecule has 0 radical (unpaired) electrons. The molecule has 0 fully saturated rings. The van der Waals surface area contributed by atoms with E-state index in [9.17, 15) is 9.90 Å². The van der Waals surface area contributed by atoms with Crippen LogP contribution in [0.2, 0.25) is 0 Å². The van der Waals surface area contributed by atoms with Gasteiger partial charge in [0.15, 0.2) is 0 Å². The fourth-order valence-corrected chi connectivity index (χ4v) is 3.03. The first-order chi connectivity index (χ1) is 15.2. The molecular formula is C24H20N4O3. The molecule has 31 heavy (non-hydrogen) atoms. The van der Waals surface area contributed by atoms with Gasteiger partial charge in [-0.3, -0.25) is 4.79 Å². The number of rotatable bonds is 6. The molecule has 0 saturated heterocycles. The van der Waals surface area contributed by atoms with Gasteiger partial charge in [-0.05, 0) is 54.6 Å². The highest BCUT2D eigenvalue weighted by molar-refractivity contribution is 5.95. The molecule has 7 heteroatoms. The second-order valence-electron chi connectivity index (χ2n) is 6.65. The van der Waals surface area contributed by atoms with E-state index in [0.29, 0.717) is 17.0 Å². The first-order valence-corrected chi connectivity index (χ1v) is 9.57. The van der Waals surface area contributed by atoms with E-state index in [4.69, 9.17) is 4.74 Å². The Hall–Kier alpha value is -4.39. The summed E-state index contributed by atoms with van der Waals surface area (Å²) in [4.78, 5) is 12.9. The fourth-order valence-electron chi connectivity index (χ4n) is 3.03. The van der Waals surface area contributed by atoms with E-state index in [2.05, 4.69) is 15.6 Å². The number of phenolic OH excluding ortho intramolecular Hbond substituents is 1. The lowest BCUT2D eigenvalue weighted by Crippen LogP contribution is -2.21. The van der Waals surface area contributed by atoms with Crippen molar-refractivity contribution >= 4 is 12.1 Å². The van der Waals surface area contributed by atoms with Gasteiger partial charge in [0, 0.05) is 11.1 Å².